The van der Waals surface area contributed by atoms with Crippen LogP contribution in [0.2, 0.25) is 0 Å². The first-order valence-electron chi connectivity index (χ1n) is 9.34. The summed E-state index contributed by atoms with van der Waals surface area (Å²) < 4.78 is 5.55. The Bertz CT molecular complexity index is 363. The van der Waals surface area contributed by atoms with Crippen LogP contribution in [-0.2, 0) is 4.74 Å². The van der Waals surface area contributed by atoms with Crippen molar-refractivity contribution in [3.05, 3.63) is 0 Å². The molecule has 0 aromatic heterocycles. The van der Waals surface area contributed by atoms with Crippen LogP contribution in [-0.4, -0.2) is 41.3 Å². The van der Waals surface area contributed by atoms with Crippen LogP contribution < -0.4 is 5.32 Å². The summed E-state index contributed by atoms with van der Waals surface area (Å²) in [6, 6.07) is 1.26. The molecule has 4 heteroatoms. The molecule has 0 aromatic carbocycles. The molecule has 1 amide bonds. The molecular weight excluding hydrogens is 288 g/mol. The highest BCUT2D eigenvalue weighted by Gasteiger charge is 2.32. The number of carbonyl (C=O) groups excluding carboxylic acids is 1. The van der Waals surface area contributed by atoms with Gasteiger partial charge in [-0.3, -0.25) is 0 Å². The maximum Gasteiger partial charge on any atom is 0.410 e. The monoisotopic (exact) mass is 326 g/mol. The van der Waals surface area contributed by atoms with Crippen molar-refractivity contribution in [1.82, 2.24) is 10.2 Å². The van der Waals surface area contributed by atoms with Crippen LogP contribution in [0.15, 0.2) is 0 Å². The molecule has 1 aliphatic heterocycles. The number of amides is 1. The number of carbonyl (C=O) groups is 1. The van der Waals surface area contributed by atoms with Gasteiger partial charge in [0.15, 0.2) is 0 Å². The van der Waals surface area contributed by atoms with Crippen LogP contribution in [0.1, 0.15) is 80.6 Å². The topological polar surface area (TPSA) is 41.6 Å². The SMILES string of the molecule is CC(C)CCC(C)NC(C)CC1CCCN1C(=O)OC(C)(C)C. The minimum Gasteiger partial charge on any atom is -0.444 e. The summed E-state index contributed by atoms with van der Waals surface area (Å²) in [7, 11) is 0. The second kappa shape index (κ2) is 8.91. The Balaban J connectivity index is 2.43. The lowest BCUT2D eigenvalue weighted by atomic mass is 10.0. The van der Waals surface area contributed by atoms with Crippen molar-refractivity contribution >= 4 is 6.09 Å². The Morgan fingerprint density at radius 3 is 2.39 bits per heavy atom. The fraction of sp³-hybridized carbons (Fsp3) is 0.947. The minimum absolute atomic E-state index is 0.153. The largest absolute Gasteiger partial charge is 0.444 e. The van der Waals surface area contributed by atoms with E-state index in [0.29, 0.717) is 18.1 Å². The van der Waals surface area contributed by atoms with E-state index in [2.05, 4.69) is 33.0 Å². The molecule has 1 fully saturated rings. The third-order valence-corrected chi connectivity index (χ3v) is 4.38. The predicted molar refractivity (Wildman–Crippen MR) is 96.7 cm³/mol. The first-order valence-corrected chi connectivity index (χ1v) is 9.34. The fourth-order valence-corrected chi connectivity index (χ4v) is 3.27. The standard InChI is InChI=1S/C19H38N2O2/c1-14(2)10-11-15(3)20-16(4)13-17-9-8-12-21(17)18(22)23-19(5,6)7/h14-17,20H,8-13H2,1-7H3. The zero-order chi connectivity index (χ0) is 17.6. The van der Waals surface area contributed by atoms with Gasteiger partial charge in [0.1, 0.15) is 5.60 Å². The lowest BCUT2D eigenvalue weighted by molar-refractivity contribution is 0.0214. The first-order chi connectivity index (χ1) is 10.6. The minimum atomic E-state index is -0.417. The molecule has 1 saturated heterocycles. The Kier molecular flexibility index (Phi) is 7.85. The summed E-state index contributed by atoms with van der Waals surface area (Å²) in [5, 5.41) is 3.69. The molecule has 0 aromatic rings. The number of hydrogen-bond donors (Lipinski definition) is 1. The van der Waals surface area contributed by atoms with Gasteiger partial charge in [-0.25, -0.2) is 4.79 Å². The van der Waals surface area contributed by atoms with Gasteiger partial charge < -0.3 is 15.0 Å². The zero-order valence-electron chi connectivity index (χ0n) is 16.3. The van der Waals surface area contributed by atoms with Crippen molar-refractivity contribution in [1.29, 1.82) is 0 Å². The highest BCUT2D eigenvalue weighted by atomic mass is 16.6. The van der Waals surface area contributed by atoms with Crippen LogP contribution in [0.5, 0.6) is 0 Å². The summed E-state index contributed by atoms with van der Waals surface area (Å²) in [6.45, 7) is 15.6. The van der Waals surface area contributed by atoms with Gasteiger partial charge in [-0.05, 0) is 72.6 Å². The van der Waals surface area contributed by atoms with E-state index in [0.717, 1.165) is 31.7 Å². The van der Waals surface area contributed by atoms with E-state index in [9.17, 15) is 4.79 Å². The fourth-order valence-electron chi connectivity index (χ4n) is 3.27. The van der Waals surface area contributed by atoms with Gasteiger partial charge in [0.05, 0.1) is 0 Å². The van der Waals surface area contributed by atoms with Gasteiger partial charge in [0.2, 0.25) is 0 Å². The lowest BCUT2D eigenvalue weighted by Crippen LogP contribution is -2.44. The molecule has 136 valence electrons. The number of rotatable bonds is 7. The number of hydrogen-bond acceptors (Lipinski definition) is 3. The van der Waals surface area contributed by atoms with Crippen molar-refractivity contribution in [2.24, 2.45) is 5.92 Å². The summed E-state index contributed by atoms with van der Waals surface area (Å²) in [6.07, 6.45) is 5.49. The third kappa shape index (κ3) is 8.05. The molecule has 3 atom stereocenters. The molecule has 1 aliphatic rings. The van der Waals surface area contributed by atoms with E-state index in [1.54, 1.807) is 0 Å². The summed E-state index contributed by atoms with van der Waals surface area (Å²) in [4.78, 5) is 14.3. The molecular formula is C19H38N2O2. The molecule has 1 rings (SSSR count). The van der Waals surface area contributed by atoms with E-state index in [1.165, 1.54) is 12.8 Å². The second-order valence-corrected chi connectivity index (χ2v) is 8.65. The summed E-state index contributed by atoms with van der Waals surface area (Å²) in [5.41, 5.74) is -0.417. The van der Waals surface area contributed by atoms with Crippen molar-refractivity contribution in [3.63, 3.8) is 0 Å². The molecule has 3 unspecified atom stereocenters. The van der Waals surface area contributed by atoms with Crippen LogP contribution >= 0.6 is 0 Å². The Morgan fingerprint density at radius 1 is 1.17 bits per heavy atom. The first kappa shape index (κ1) is 20.3. The lowest BCUT2D eigenvalue weighted by Gasteiger charge is -2.31. The molecule has 0 saturated carbocycles. The maximum absolute atomic E-state index is 12.3. The van der Waals surface area contributed by atoms with Gasteiger partial charge in [-0.1, -0.05) is 13.8 Å². The van der Waals surface area contributed by atoms with E-state index in [-0.39, 0.29) is 6.09 Å². The number of nitrogens with zero attached hydrogens (tertiary/aromatic N) is 1. The van der Waals surface area contributed by atoms with E-state index in [1.807, 2.05) is 25.7 Å². The average molecular weight is 327 g/mol. The smallest absolute Gasteiger partial charge is 0.410 e. The van der Waals surface area contributed by atoms with Gasteiger partial charge in [0.25, 0.3) is 0 Å². The van der Waals surface area contributed by atoms with Gasteiger partial charge in [-0.2, -0.15) is 0 Å². The van der Waals surface area contributed by atoms with Crippen molar-refractivity contribution < 1.29 is 9.53 Å². The Labute approximate surface area is 143 Å². The van der Waals surface area contributed by atoms with Crippen LogP contribution in [0, 0.1) is 5.92 Å². The highest BCUT2D eigenvalue weighted by Crippen LogP contribution is 2.24. The molecule has 1 N–H and O–H groups in total. The molecule has 0 bridgehead atoms. The quantitative estimate of drug-likeness (QED) is 0.744. The zero-order valence-corrected chi connectivity index (χ0v) is 16.3. The molecule has 23 heavy (non-hydrogen) atoms. The van der Waals surface area contributed by atoms with Crippen molar-refractivity contribution in [2.75, 3.05) is 6.54 Å². The molecule has 4 nitrogen and oxygen atoms in total. The van der Waals surface area contributed by atoms with Gasteiger partial charge in [-0.15, -0.1) is 0 Å². The predicted octanol–water partition coefficient (Wildman–Crippen LogP) is 4.58. The highest BCUT2D eigenvalue weighted by molar-refractivity contribution is 5.68. The second-order valence-electron chi connectivity index (χ2n) is 8.65. The van der Waals surface area contributed by atoms with Crippen molar-refractivity contribution in [3.8, 4) is 0 Å². The third-order valence-electron chi connectivity index (χ3n) is 4.38. The number of ether oxygens (including phenoxy) is 1. The summed E-state index contributed by atoms with van der Waals surface area (Å²) in [5.74, 6) is 0.757. The molecule has 0 aliphatic carbocycles. The average Bonchev–Trinajstić information content (AvgIpc) is 2.82. The maximum atomic E-state index is 12.3. The number of nitrogens with one attached hydrogen (secondary N) is 1. The number of likely N-dealkylation sites (tertiary alicyclic amines) is 1. The van der Waals surface area contributed by atoms with Gasteiger partial charge >= 0.3 is 6.09 Å². The van der Waals surface area contributed by atoms with E-state index < -0.39 is 5.60 Å². The van der Waals surface area contributed by atoms with Crippen molar-refractivity contribution in [2.45, 2.75) is 104 Å². The molecule has 1 heterocycles. The van der Waals surface area contributed by atoms with E-state index in [4.69, 9.17) is 4.74 Å². The molecule has 0 radical (unpaired) electrons. The Hall–Kier alpha value is -0.770. The van der Waals surface area contributed by atoms with Gasteiger partial charge in [0, 0.05) is 24.7 Å². The Morgan fingerprint density at radius 2 is 1.83 bits per heavy atom. The van der Waals surface area contributed by atoms with Crippen LogP contribution in [0.25, 0.3) is 0 Å². The molecule has 0 spiro atoms. The van der Waals surface area contributed by atoms with Crippen LogP contribution in [0.3, 0.4) is 0 Å². The summed E-state index contributed by atoms with van der Waals surface area (Å²) >= 11 is 0. The normalized spacial score (nSPS) is 21.6. The van der Waals surface area contributed by atoms with Crippen LogP contribution in [0.4, 0.5) is 4.79 Å². The van der Waals surface area contributed by atoms with E-state index >= 15 is 0 Å².